The van der Waals surface area contributed by atoms with Gasteiger partial charge in [0.2, 0.25) is 0 Å². The fourth-order valence-electron chi connectivity index (χ4n) is 10.2. The highest BCUT2D eigenvalue weighted by Gasteiger charge is 2.30. The highest BCUT2D eigenvalue weighted by molar-refractivity contribution is 7.47. The maximum atomic E-state index is 13.0. The van der Waals surface area contributed by atoms with Crippen molar-refractivity contribution in [2.75, 3.05) is 39.6 Å². The Labute approximate surface area is 530 Å². The minimum absolute atomic E-state index is 0.102. The summed E-state index contributed by atoms with van der Waals surface area (Å²) in [6.45, 7) is 11.7. The lowest BCUT2D eigenvalue weighted by Crippen LogP contribution is -2.30. The quantitative estimate of drug-likeness (QED) is 0.0222. The molecule has 17 nitrogen and oxygen atoms in total. The second-order valence-corrected chi connectivity index (χ2v) is 28.9. The number of hydrogen-bond donors (Lipinski definition) is 3. The lowest BCUT2D eigenvalue weighted by atomic mass is 10.0. The first kappa shape index (κ1) is 85.1. The van der Waals surface area contributed by atoms with Crippen LogP contribution in [0.2, 0.25) is 0 Å². The Bertz CT molecular complexity index is 1720. The van der Waals surface area contributed by atoms with Crippen molar-refractivity contribution in [2.24, 2.45) is 17.8 Å². The minimum Gasteiger partial charge on any atom is -0.462 e. The monoisotopic (exact) mass is 1280 g/mol. The second kappa shape index (κ2) is 59.1. The van der Waals surface area contributed by atoms with Crippen molar-refractivity contribution in [1.82, 2.24) is 0 Å². The van der Waals surface area contributed by atoms with Crippen LogP contribution in [0, 0.1) is 17.8 Å². The van der Waals surface area contributed by atoms with Gasteiger partial charge in [0.25, 0.3) is 0 Å². The number of carbonyl (C=O) groups is 4. The van der Waals surface area contributed by atoms with Gasteiger partial charge in [0.1, 0.15) is 19.3 Å². The van der Waals surface area contributed by atoms with Gasteiger partial charge < -0.3 is 33.8 Å². The lowest BCUT2D eigenvalue weighted by Gasteiger charge is -2.21. The molecule has 0 radical (unpaired) electrons. The van der Waals surface area contributed by atoms with Crippen LogP contribution >= 0.6 is 15.6 Å². The van der Waals surface area contributed by atoms with E-state index in [0.29, 0.717) is 37.5 Å². The first-order valence-electron chi connectivity index (χ1n) is 35.3. The molecule has 0 heterocycles. The van der Waals surface area contributed by atoms with Crippen LogP contribution in [0.5, 0.6) is 0 Å². The largest absolute Gasteiger partial charge is 0.472 e. The molecule has 87 heavy (non-hydrogen) atoms. The third-order valence-corrected chi connectivity index (χ3v) is 17.5. The zero-order valence-corrected chi connectivity index (χ0v) is 58.3. The Morgan fingerprint density at radius 3 is 0.782 bits per heavy atom. The van der Waals surface area contributed by atoms with E-state index in [9.17, 15) is 43.2 Å². The van der Waals surface area contributed by atoms with Gasteiger partial charge in [-0.1, -0.05) is 286 Å². The van der Waals surface area contributed by atoms with E-state index in [1.807, 2.05) is 0 Å². The molecule has 516 valence electrons. The smallest absolute Gasteiger partial charge is 0.462 e. The molecule has 0 saturated heterocycles. The van der Waals surface area contributed by atoms with Gasteiger partial charge in [-0.15, -0.1) is 0 Å². The Kier molecular flexibility index (Phi) is 57.8. The third-order valence-electron chi connectivity index (χ3n) is 15.6. The summed E-state index contributed by atoms with van der Waals surface area (Å²) < 4.78 is 68.1. The molecule has 5 atom stereocenters. The van der Waals surface area contributed by atoms with E-state index in [4.69, 9.17) is 37.0 Å². The number of carbonyl (C=O) groups excluding carboxylic acids is 4. The molecule has 0 bridgehead atoms. The molecule has 0 aromatic carbocycles. The Hall–Kier alpha value is -1.94. The molecular formula is C68H132O17P2. The molecule has 0 aliphatic heterocycles. The summed E-state index contributed by atoms with van der Waals surface area (Å²) in [7, 11) is -9.89. The fourth-order valence-corrected chi connectivity index (χ4v) is 11.8. The number of phosphoric ester groups is 2. The van der Waals surface area contributed by atoms with Crippen molar-refractivity contribution in [3.05, 3.63) is 0 Å². The van der Waals surface area contributed by atoms with E-state index < -0.39 is 97.5 Å². The van der Waals surface area contributed by atoms with Crippen LogP contribution in [0.15, 0.2) is 0 Å². The van der Waals surface area contributed by atoms with E-state index in [0.717, 1.165) is 102 Å². The molecule has 0 saturated carbocycles. The highest BCUT2D eigenvalue weighted by atomic mass is 31.2. The number of rotatable bonds is 66. The van der Waals surface area contributed by atoms with Crippen LogP contribution in [0.25, 0.3) is 0 Å². The Morgan fingerprint density at radius 1 is 0.310 bits per heavy atom. The topological polar surface area (TPSA) is 237 Å². The van der Waals surface area contributed by atoms with Gasteiger partial charge >= 0.3 is 39.5 Å². The molecule has 3 N–H and O–H groups in total. The lowest BCUT2D eigenvalue weighted by molar-refractivity contribution is -0.161. The molecule has 0 aromatic rings. The second-order valence-electron chi connectivity index (χ2n) is 26.0. The van der Waals surface area contributed by atoms with Gasteiger partial charge in [-0.2, -0.15) is 0 Å². The van der Waals surface area contributed by atoms with Crippen LogP contribution in [0.1, 0.15) is 337 Å². The highest BCUT2D eigenvalue weighted by Crippen LogP contribution is 2.45. The zero-order chi connectivity index (χ0) is 64.5. The Morgan fingerprint density at radius 2 is 0.529 bits per heavy atom. The van der Waals surface area contributed by atoms with Crippen LogP contribution in [0.4, 0.5) is 0 Å². The first-order chi connectivity index (χ1) is 41.7. The maximum absolute atomic E-state index is 13.0. The van der Waals surface area contributed by atoms with Crippen molar-refractivity contribution in [2.45, 2.75) is 356 Å². The number of ether oxygens (including phenoxy) is 4. The minimum atomic E-state index is -4.95. The summed E-state index contributed by atoms with van der Waals surface area (Å²) in [6, 6.07) is 0. The van der Waals surface area contributed by atoms with Gasteiger partial charge in [-0.05, 0) is 43.4 Å². The van der Waals surface area contributed by atoms with Crippen molar-refractivity contribution in [1.29, 1.82) is 0 Å². The first-order valence-corrected chi connectivity index (χ1v) is 38.3. The number of unbranched alkanes of at least 4 members (excludes halogenated alkanes) is 34. The van der Waals surface area contributed by atoms with Crippen molar-refractivity contribution < 1.29 is 80.2 Å². The van der Waals surface area contributed by atoms with Gasteiger partial charge in [0.15, 0.2) is 12.2 Å². The van der Waals surface area contributed by atoms with E-state index in [1.54, 1.807) is 0 Å². The van der Waals surface area contributed by atoms with E-state index in [-0.39, 0.29) is 25.7 Å². The van der Waals surface area contributed by atoms with E-state index in [1.165, 1.54) is 141 Å². The average molecular weight is 1280 g/mol. The summed E-state index contributed by atoms with van der Waals surface area (Å²) >= 11 is 0. The number of phosphoric acid groups is 2. The molecule has 2 unspecified atom stereocenters. The molecule has 0 rings (SSSR count). The van der Waals surface area contributed by atoms with Crippen molar-refractivity contribution in [3.63, 3.8) is 0 Å². The molecule has 0 aliphatic rings. The zero-order valence-electron chi connectivity index (χ0n) is 56.5. The van der Waals surface area contributed by atoms with E-state index >= 15 is 0 Å². The van der Waals surface area contributed by atoms with Gasteiger partial charge in [-0.3, -0.25) is 37.3 Å². The Balaban J connectivity index is 5.17. The molecule has 0 amide bonds. The predicted molar refractivity (Wildman–Crippen MR) is 349 cm³/mol. The molecule has 0 spiro atoms. The number of esters is 4. The molecule has 0 fully saturated rings. The predicted octanol–water partition coefficient (Wildman–Crippen LogP) is 19.1. The number of aliphatic hydroxyl groups is 1. The summed E-state index contributed by atoms with van der Waals surface area (Å²) in [6.07, 6.45) is 42.0. The normalized spacial score (nSPS) is 14.3. The van der Waals surface area contributed by atoms with Gasteiger partial charge in [0.05, 0.1) is 26.4 Å². The van der Waals surface area contributed by atoms with Crippen LogP contribution in [0.3, 0.4) is 0 Å². The van der Waals surface area contributed by atoms with Crippen LogP contribution < -0.4 is 0 Å². The summed E-state index contributed by atoms with van der Waals surface area (Å²) in [5.74, 6) is 0.0476. The number of hydrogen-bond acceptors (Lipinski definition) is 15. The molecule has 0 aromatic heterocycles. The van der Waals surface area contributed by atoms with E-state index in [2.05, 4.69) is 48.5 Å². The average Bonchev–Trinajstić information content (AvgIpc) is 3.69. The summed E-state index contributed by atoms with van der Waals surface area (Å²) in [5.41, 5.74) is 0. The summed E-state index contributed by atoms with van der Waals surface area (Å²) in [5, 5.41) is 10.5. The van der Waals surface area contributed by atoms with Gasteiger partial charge in [-0.25, -0.2) is 9.13 Å². The molecular weight excluding hydrogens is 1150 g/mol. The van der Waals surface area contributed by atoms with Crippen LogP contribution in [-0.4, -0.2) is 96.7 Å². The standard InChI is InChI=1S/C68H132O17P2/c1-8-9-10-11-12-21-27-35-42-49-65(70)78-56-64(85-68(73)52-45-38-31-30-34-41-48-61(6)7)58-83-87(76,77)81-54-62(69)53-80-86(74,75)82-57-63(55-79-66(71)50-43-36-29-24-26-33-40-47-60(4)5)84-67(72)51-44-37-28-23-20-18-16-14-13-15-17-19-22-25-32-39-46-59(2)3/h59-64,69H,8-58H2,1-7H3,(H,74,75)(H,76,77)/t62-,63-,64-/m1/s1. The maximum Gasteiger partial charge on any atom is 0.472 e. The number of aliphatic hydroxyl groups excluding tert-OH is 1. The third kappa shape index (κ3) is 62.6. The molecule has 19 heteroatoms. The van der Waals surface area contributed by atoms with Gasteiger partial charge in [0, 0.05) is 25.7 Å². The fraction of sp³-hybridized carbons (Fsp3) is 0.941. The SMILES string of the molecule is CCCCCCCCCCCC(=O)OC[C@H](COP(=O)(O)OC[C@H](O)COP(=O)(O)OC[C@@H](COC(=O)CCCCCCCCCC(C)C)OC(=O)CCCCCCCCCCCCCCCCCCC(C)C)OC(=O)CCCCCCCCC(C)C. The van der Waals surface area contributed by atoms with Crippen LogP contribution in [-0.2, 0) is 65.4 Å². The summed E-state index contributed by atoms with van der Waals surface area (Å²) in [4.78, 5) is 72.3. The molecule has 0 aliphatic carbocycles. The van der Waals surface area contributed by atoms with Crippen molar-refractivity contribution in [3.8, 4) is 0 Å². The van der Waals surface area contributed by atoms with Crippen molar-refractivity contribution >= 4 is 39.5 Å².